The molecule has 0 aliphatic rings. The highest BCUT2D eigenvalue weighted by Gasteiger charge is 2.21. The Kier molecular flexibility index (Phi) is 5.23. The molecule has 1 aromatic heterocycles. The van der Waals surface area contributed by atoms with E-state index in [4.69, 9.17) is 9.15 Å². The Balaban J connectivity index is 2.14. The molecule has 0 radical (unpaired) electrons. The average Bonchev–Trinajstić information content (AvgIpc) is 3.01. The number of likely N-dealkylation sites (N-methyl/N-ethyl adjacent to an activating group) is 1. The summed E-state index contributed by atoms with van der Waals surface area (Å²) in [6.07, 6.45) is 1.57. The van der Waals surface area contributed by atoms with Crippen LogP contribution in [0.15, 0.2) is 52.0 Å². The molecule has 0 unspecified atom stereocenters. The molecule has 0 bridgehead atoms. The number of ether oxygens (including phenoxy) is 1. The Morgan fingerprint density at radius 1 is 1.27 bits per heavy atom. The monoisotopic (exact) mass is 324 g/mol. The normalized spacial score (nSPS) is 13.3. The predicted molar refractivity (Wildman–Crippen MR) is 83.3 cm³/mol. The van der Waals surface area contributed by atoms with Gasteiger partial charge in [0.05, 0.1) is 24.3 Å². The predicted octanol–water partition coefficient (Wildman–Crippen LogP) is 1.87. The molecule has 1 aromatic carbocycles. The molecule has 7 heteroatoms. The van der Waals surface area contributed by atoms with Gasteiger partial charge in [-0.3, -0.25) is 4.90 Å². The molecule has 1 N–H and O–H groups in total. The van der Waals surface area contributed by atoms with Gasteiger partial charge >= 0.3 is 0 Å². The van der Waals surface area contributed by atoms with Crippen molar-refractivity contribution in [2.75, 3.05) is 27.7 Å². The SMILES string of the molecule is COc1cccc(S(=O)(=O)NC[C@@H](c2ccco2)N(C)C)c1. The first kappa shape index (κ1) is 16.5. The Bertz CT molecular complexity index is 696. The number of sulfonamides is 1. The largest absolute Gasteiger partial charge is 0.497 e. The third-order valence-corrected chi connectivity index (χ3v) is 4.73. The number of methoxy groups -OCH3 is 1. The Morgan fingerprint density at radius 3 is 2.64 bits per heavy atom. The first-order chi connectivity index (χ1) is 10.4. The fraction of sp³-hybridized carbons (Fsp3) is 0.333. The summed E-state index contributed by atoms with van der Waals surface area (Å²) in [5.41, 5.74) is 0. The summed E-state index contributed by atoms with van der Waals surface area (Å²) in [6.45, 7) is 0.208. The van der Waals surface area contributed by atoms with Crippen LogP contribution in [0.2, 0.25) is 0 Å². The third kappa shape index (κ3) is 3.88. The molecule has 0 saturated carbocycles. The van der Waals surface area contributed by atoms with Crippen molar-refractivity contribution < 1.29 is 17.6 Å². The van der Waals surface area contributed by atoms with Crippen molar-refractivity contribution in [3.63, 3.8) is 0 Å². The van der Waals surface area contributed by atoms with Crippen molar-refractivity contribution in [3.8, 4) is 5.75 Å². The van der Waals surface area contributed by atoms with E-state index < -0.39 is 10.0 Å². The average molecular weight is 324 g/mol. The summed E-state index contributed by atoms with van der Waals surface area (Å²) in [5.74, 6) is 1.21. The van der Waals surface area contributed by atoms with Gasteiger partial charge in [-0.2, -0.15) is 0 Å². The minimum atomic E-state index is -3.61. The molecule has 2 rings (SSSR count). The summed E-state index contributed by atoms with van der Waals surface area (Å²) in [6, 6.07) is 9.78. The topological polar surface area (TPSA) is 71.8 Å². The summed E-state index contributed by atoms with van der Waals surface area (Å²) in [7, 11) is 1.62. The van der Waals surface area contributed by atoms with Gasteiger partial charge in [-0.15, -0.1) is 0 Å². The van der Waals surface area contributed by atoms with E-state index in [1.165, 1.54) is 19.2 Å². The van der Waals surface area contributed by atoms with E-state index in [0.717, 1.165) is 0 Å². The molecule has 0 fully saturated rings. The maximum absolute atomic E-state index is 12.4. The molecule has 120 valence electrons. The Hall–Kier alpha value is -1.83. The lowest BCUT2D eigenvalue weighted by Gasteiger charge is -2.22. The van der Waals surface area contributed by atoms with Crippen LogP contribution in [0.3, 0.4) is 0 Å². The zero-order valence-electron chi connectivity index (χ0n) is 12.8. The third-order valence-electron chi connectivity index (χ3n) is 3.31. The second-order valence-electron chi connectivity index (χ2n) is 5.03. The minimum absolute atomic E-state index is 0.170. The van der Waals surface area contributed by atoms with Gasteiger partial charge in [-0.25, -0.2) is 13.1 Å². The smallest absolute Gasteiger partial charge is 0.240 e. The summed E-state index contributed by atoms with van der Waals surface area (Å²) in [4.78, 5) is 2.07. The van der Waals surface area contributed by atoms with Gasteiger partial charge in [0.25, 0.3) is 0 Å². The van der Waals surface area contributed by atoms with Gasteiger partial charge in [0.2, 0.25) is 10.0 Å². The molecule has 0 aliphatic heterocycles. The van der Waals surface area contributed by atoms with Gasteiger partial charge in [-0.05, 0) is 38.4 Å². The number of hydrogen-bond donors (Lipinski definition) is 1. The van der Waals surface area contributed by atoms with Crippen molar-refractivity contribution in [2.24, 2.45) is 0 Å². The van der Waals surface area contributed by atoms with E-state index in [2.05, 4.69) is 4.72 Å². The molecule has 1 heterocycles. The summed E-state index contributed by atoms with van der Waals surface area (Å²) in [5, 5.41) is 0. The second-order valence-corrected chi connectivity index (χ2v) is 6.79. The zero-order valence-corrected chi connectivity index (χ0v) is 13.6. The molecular formula is C15H20N2O4S. The Labute approximate surface area is 130 Å². The van der Waals surface area contributed by atoms with Crippen molar-refractivity contribution in [2.45, 2.75) is 10.9 Å². The fourth-order valence-electron chi connectivity index (χ4n) is 2.06. The lowest BCUT2D eigenvalue weighted by Crippen LogP contribution is -2.34. The van der Waals surface area contributed by atoms with Crippen LogP contribution in [0, 0.1) is 0 Å². The number of rotatable bonds is 7. The minimum Gasteiger partial charge on any atom is -0.497 e. The van der Waals surface area contributed by atoms with Crippen LogP contribution in [0.4, 0.5) is 0 Å². The molecule has 0 amide bonds. The highest BCUT2D eigenvalue weighted by molar-refractivity contribution is 7.89. The molecule has 0 spiro atoms. The fourth-order valence-corrected chi connectivity index (χ4v) is 3.13. The Morgan fingerprint density at radius 2 is 2.05 bits per heavy atom. The molecule has 0 saturated heterocycles. The quantitative estimate of drug-likeness (QED) is 0.842. The molecule has 22 heavy (non-hydrogen) atoms. The van der Waals surface area contributed by atoms with E-state index >= 15 is 0 Å². The van der Waals surface area contributed by atoms with E-state index in [1.54, 1.807) is 24.5 Å². The van der Waals surface area contributed by atoms with E-state index in [1.807, 2.05) is 25.1 Å². The molecule has 0 aliphatic carbocycles. The van der Waals surface area contributed by atoms with Crippen LogP contribution in [-0.2, 0) is 10.0 Å². The first-order valence-corrected chi connectivity index (χ1v) is 8.26. The van der Waals surface area contributed by atoms with Gasteiger partial charge in [-0.1, -0.05) is 6.07 Å². The highest BCUT2D eigenvalue weighted by atomic mass is 32.2. The van der Waals surface area contributed by atoms with Gasteiger partial charge < -0.3 is 9.15 Å². The molecule has 2 aromatic rings. The van der Waals surface area contributed by atoms with Crippen molar-refractivity contribution in [1.29, 1.82) is 0 Å². The van der Waals surface area contributed by atoms with Crippen LogP contribution < -0.4 is 9.46 Å². The van der Waals surface area contributed by atoms with Crippen LogP contribution in [0.1, 0.15) is 11.8 Å². The van der Waals surface area contributed by atoms with Crippen molar-refractivity contribution in [1.82, 2.24) is 9.62 Å². The van der Waals surface area contributed by atoms with Crippen molar-refractivity contribution in [3.05, 3.63) is 48.4 Å². The lowest BCUT2D eigenvalue weighted by atomic mass is 10.2. The standard InChI is InChI=1S/C15H20N2O4S/c1-17(2)14(15-8-5-9-21-15)11-16-22(18,19)13-7-4-6-12(10-13)20-3/h4-10,14,16H,11H2,1-3H3/t14-/m0/s1. The van der Waals surface area contributed by atoms with E-state index in [9.17, 15) is 8.42 Å². The second kappa shape index (κ2) is 6.95. The van der Waals surface area contributed by atoms with Crippen molar-refractivity contribution >= 4 is 10.0 Å². The first-order valence-electron chi connectivity index (χ1n) is 6.77. The maximum Gasteiger partial charge on any atom is 0.240 e. The van der Waals surface area contributed by atoms with Gasteiger partial charge in [0.15, 0.2) is 0 Å². The molecular weight excluding hydrogens is 304 g/mol. The van der Waals surface area contributed by atoms with Crippen LogP contribution >= 0.6 is 0 Å². The van der Waals surface area contributed by atoms with Crippen LogP contribution in [-0.4, -0.2) is 41.1 Å². The maximum atomic E-state index is 12.4. The van der Waals surface area contributed by atoms with Gasteiger partial charge in [0, 0.05) is 12.6 Å². The van der Waals surface area contributed by atoms with Crippen LogP contribution in [0.25, 0.3) is 0 Å². The lowest BCUT2D eigenvalue weighted by molar-refractivity contribution is 0.259. The summed E-state index contributed by atoms with van der Waals surface area (Å²) >= 11 is 0. The zero-order chi connectivity index (χ0) is 16.2. The summed E-state index contributed by atoms with van der Waals surface area (Å²) < 4.78 is 37.8. The molecule has 6 nitrogen and oxygen atoms in total. The highest BCUT2D eigenvalue weighted by Crippen LogP contribution is 2.20. The van der Waals surface area contributed by atoms with E-state index in [0.29, 0.717) is 11.5 Å². The number of nitrogens with zero attached hydrogens (tertiary/aromatic N) is 1. The number of furan rings is 1. The van der Waals surface area contributed by atoms with Gasteiger partial charge in [0.1, 0.15) is 11.5 Å². The number of nitrogens with one attached hydrogen (secondary N) is 1. The number of hydrogen-bond acceptors (Lipinski definition) is 5. The van der Waals surface area contributed by atoms with E-state index in [-0.39, 0.29) is 17.5 Å². The van der Waals surface area contributed by atoms with Crippen LogP contribution in [0.5, 0.6) is 5.75 Å². The number of benzene rings is 1. The molecule has 1 atom stereocenters.